The van der Waals surface area contributed by atoms with E-state index in [1.165, 1.54) is 6.92 Å². The Bertz CT molecular complexity index is 635. The van der Waals surface area contributed by atoms with E-state index in [1.807, 2.05) is 6.07 Å². The van der Waals surface area contributed by atoms with Crippen molar-refractivity contribution in [2.45, 2.75) is 20.0 Å². The smallest absolute Gasteiger partial charge is 0.343 e. The van der Waals surface area contributed by atoms with Gasteiger partial charge in [-0.2, -0.15) is 4.37 Å². The fourth-order valence-electron chi connectivity index (χ4n) is 1.67. The minimum absolute atomic E-state index is 0.222. The molecule has 21 heavy (non-hydrogen) atoms. The van der Waals surface area contributed by atoms with Crippen molar-refractivity contribution in [3.8, 4) is 0 Å². The number of hydrogen-bond donors (Lipinski definition) is 2. The standard InChI is InChI=1S/C14H15N3O3S/c1-8-11(12(15)21-17-8)14(19)20-9(2)13(18)16-10-6-4-3-5-7-10/h3-7,9H,15H2,1-2H3,(H,16,18)/t9-/m0/s1. The van der Waals surface area contributed by atoms with E-state index < -0.39 is 18.0 Å². The Morgan fingerprint density at radius 1 is 1.33 bits per heavy atom. The van der Waals surface area contributed by atoms with Crippen LogP contribution in [0.15, 0.2) is 30.3 Å². The van der Waals surface area contributed by atoms with Gasteiger partial charge in [-0.3, -0.25) is 4.79 Å². The van der Waals surface area contributed by atoms with Crippen LogP contribution in [0.2, 0.25) is 0 Å². The number of rotatable bonds is 4. The molecule has 0 aliphatic carbocycles. The fraction of sp³-hybridized carbons (Fsp3) is 0.214. The van der Waals surface area contributed by atoms with Gasteiger partial charge in [0.25, 0.3) is 5.91 Å². The van der Waals surface area contributed by atoms with Gasteiger partial charge < -0.3 is 15.8 Å². The molecule has 0 aliphatic heterocycles. The highest BCUT2D eigenvalue weighted by Crippen LogP contribution is 2.22. The summed E-state index contributed by atoms with van der Waals surface area (Å²) in [6, 6.07) is 8.93. The number of nitrogen functional groups attached to an aromatic ring is 1. The summed E-state index contributed by atoms with van der Waals surface area (Å²) in [7, 11) is 0. The molecular weight excluding hydrogens is 290 g/mol. The number of nitrogens with two attached hydrogens (primary N) is 1. The second-order valence-electron chi connectivity index (χ2n) is 4.41. The van der Waals surface area contributed by atoms with Crippen LogP contribution in [0.3, 0.4) is 0 Å². The van der Waals surface area contributed by atoms with Crippen molar-refractivity contribution < 1.29 is 14.3 Å². The molecule has 0 aliphatic rings. The number of hydrogen-bond acceptors (Lipinski definition) is 6. The summed E-state index contributed by atoms with van der Waals surface area (Å²) in [4.78, 5) is 24.0. The average Bonchev–Trinajstić information content (AvgIpc) is 2.79. The first kappa shape index (κ1) is 15.0. The quantitative estimate of drug-likeness (QED) is 0.845. The monoisotopic (exact) mass is 305 g/mol. The number of para-hydroxylation sites is 1. The van der Waals surface area contributed by atoms with Crippen molar-refractivity contribution in [1.29, 1.82) is 0 Å². The number of amides is 1. The van der Waals surface area contributed by atoms with E-state index in [2.05, 4.69) is 9.69 Å². The SMILES string of the molecule is Cc1nsc(N)c1C(=O)O[C@@H](C)C(=O)Nc1ccccc1. The van der Waals surface area contributed by atoms with Crippen molar-refractivity contribution in [1.82, 2.24) is 4.37 Å². The number of carbonyl (C=O) groups is 2. The summed E-state index contributed by atoms with van der Waals surface area (Å²) in [5.74, 6) is -1.05. The second-order valence-corrected chi connectivity index (χ2v) is 5.22. The number of benzene rings is 1. The van der Waals surface area contributed by atoms with E-state index in [0.29, 0.717) is 11.4 Å². The van der Waals surface area contributed by atoms with Gasteiger partial charge in [0.2, 0.25) is 0 Å². The Labute approximate surface area is 126 Å². The third-order valence-corrected chi connectivity index (χ3v) is 3.55. The topological polar surface area (TPSA) is 94.3 Å². The van der Waals surface area contributed by atoms with Gasteiger partial charge in [0.1, 0.15) is 10.6 Å². The van der Waals surface area contributed by atoms with Gasteiger partial charge in [0.05, 0.1) is 5.69 Å². The molecule has 7 heteroatoms. The van der Waals surface area contributed by atoms with Crippen molar-refractivity contribution in [2.75, 3.05) is 11.1 Å². The van der Waals surface area contributed by atoms with E-state index in [1.54, 1.807) is 31.2 Å². The van der Waals surface area contributed by atoms with Gasteiger partial charge in [-0.15, -0.1) is 0 Å². The number of nitrogens with one attached hydrogen (secondary N) is 1. The number of aromatic nitrogens is 1. The van der Waals surface area contributed by atoms with Gasteiger partial charge in [-0.1, -0.05) is 18.2 Å². The minimum atomic E-state index is -0.934. The molecule has 0 unspecified atom stereocenters. The molecule has 2 aromatic rings. The van der Waals surface area contributed by atoms with Gasteiger partial charge in [0.15, 0.2) is 6.10 Å². The number of carbonyl (C=O) groups excluding carboxylic acids is 2. The highest BCUT2D eigenvalue weighted by atomic mass is 32.1. The largest absolute Gasteiger partial charge is 0.449 e. The van der Waals surface area contributed by atoms with Crippen LogP contribution in [0.25, 0.3) is 0 Å². The lowest BCUT2D eigenvalue weighted by Gasteiger charge is -2.13. The summed E-state index contributed by atoms with van der Waals surface area (Å²) >= 11 is 1.02. The molecule has 2 rings (SSSR count). The molecule has 1 amide bonds. The van der Waals surface area contributed by atoms with E-state index in [9.17, 15) is 9.59 Å². The number of anilines is 2. The van der Waals surface area contributed by atoms with Crippen molar-refractivity contribution >= 4 is 34.1 Å². The Morgan fingerprint density at radius 2 is 2.00 bits per heavy atom. The Balaban J connectivity index is 1.99. The van der Waals surface area contributed by atoms with Crippen LogP contribution in [-0.2, 0) is 9.53 Å². The van der Waals surface area contributed by atoms with E-state index in [-0.39, 0.29) is 10.6 Å². The molecule has 1 aromatic carbocycles. The molecule has 1 heterocycles. The van der Waals surface area contributed by atoms with Crippen LogP contribution in [0.1, 0.15) is 23.0 Å². The Morgan fingerprint density at radius 3 is 2.57 bits per heavy atom. The predicted octanol–water partition coefficient (Wildman–Crippen LogP) is 2.22. The molecule has 6 nitrogen and oxygen atoms in total. The first-order valence-electron chi connectivity index (χ1n) is 6.27. The zero-order chi connectivity index (χ0) is 15.4. The predicted molar refractivity (Wildman–Crippen MR) is 81.2 cm³/mol. The van der Waals surface area contributed by atoms with Crippen molar-refractivity contribution in [3.05, 3.63) is 41.6 Å². The normalized spacial score (nSPS) is 11.7. The van der Waals surface area contributed by atoms with Gasteiger partial charge in [-0.05, 0) is 37.5 Å². The lowest BCUT2D eigenvalue weighted by molar-refractivity contribution is -0.123. The number of aryl methyl sites for hydroxylation is 1. The molecule has 1 atom stereocenters. The summed E-state index contributed by atoms with van der Waals surface area (Å²) in [6.07, 6.45) is -0.934. The first-order valence-corrected chi connectivity index (χ1v) is 7.05. The molecule has 0 saturated carbocycles. The Hall–Kier alpha value is -2.41. The van der Waals surface area contributed by atoms with E-state index in [0.717, 1.165) is 11.5 Å². The number of esters is 1. The first-order chi connectivity index (χ1) is 9.99. The molecule has 0 spiro atoms. The van der Waals surface area contributed by atoms with Gasteiger partial charge in [0, 0.05) is 5.69 Å². The molecule has 110 valence electrons. The molecular formula is C14H15N3O3S. The van der Waals surface area contributed by atoms with Gasteiger partial charge in [-0.25, -0.2) is 4.79 Å². The third kappa shape index (κ3) is 3.57. The van der Waals surface area contributed by atoms with Crippen LogP contribution in [0.4, 0.5) is 10.7 Å². The molecule has 0 saturated heterocycles. The van der Waals surface area contributed by atoms with Gasteiger partial charge >= 0.3 is 5.97 Å². The number of nitrogens with zero attached hydrogens (tertiary/aromatic N) is 1. The lowest BCUT2D eigenvalue weighted by atomic mass is 10.2. The Kier molecular flexibility index (Phi) is 4.54. The zero-order valence-corrected chi connectivity index (χ0v) is 12.4. The minimum Gasteiger partial charge on any atom is -0.449 e. The van der Waals surface area contributed by atoms with Crippen molar-refractivity contribution in [2.24, 2.45) is 0 Å². The molecule has 0 bridgehead atoms. The highest BCUT2D eigenvalue weighted by molar-refractivity contribution is 7.10. The zero-order valence-electron chi connectivity index (χ0n) is 11.6. The fourth-order valence-corrected chi connectivity index (χ4v) is 2.32. The van der Waals surface area contributed by atoms with Crippen LogP contribution in [0, 0.1) is 6.92 Å². The van der Waals surface area contributed by atoms with Crippen molar-refractivity contribution in [3.63, 3.8) is 0 Å². The summed E-state index contributed by atoms with van der Waals surface area (Å²) < 4.78 is 9.10. The molecule has 0 radical (unpaired) electrons. The van der Waals surface area contributed by atoms with Crippen LogP contribution >= 0.6 is 11.5 Å². The second kappa shape index (κ2) is 6.36. The summed E-state index contributed by atoms with van der Waals surface area (Å²) in [6.45, 7) is 3.17. The summed E-state index contributed by atoms with van der Waals surface area (Å²) in [5, 5.41) is 2.95. The molecule has 1 aromatic heterocycles. The third-order valence-electron chi connectivity index (χ3n) is 2.79. The molecule has 0 fully saturated rings. The van der Waals surface area contributed by atoms with Crippen LogP contribution < -0.4 is 11.1 Å². The van der Waals surface area contributed by atoms with Crippen LogP contribution in [0.5, 0.6) is 0 Å². The maximum Gasteiger partial charge on any atom is 0.343 e. The average molecular weight is 305 g/mol. The lowest BCUT2D eigenvalue weighted by Crippen LogP contribution is -2.30. The number of ether oxygens (including phenoxy) is 1. The van der Waals surface area contributed by atoms with E-state index in [4.69, 9.17) is 10.5 Å². The summed E-state index contributed by atoms with van der Waals surface area (Å²) in [5.41, 5.74) is 7.03. The highest BCUT2D eigenvalue weighted by Gasteiger charge is 2.23. The molecule has 3 N–H and O–H groups in total. The van der Waals surface area contributed by atoms with E-state index >= 15 is 0 Å². The maximum absolute atomic E-state index is 12.0. The van der Waals surface area contributed by atoms with Crippen LogP contribution in [-0.4, -0.2) is 22.4 Å². The maximum atomic E-state index is 12.0.